The van der Waals surface area contributed by atoms with Crippen molar-refractivity contribution in [3.8, 4) is 0 Å². The lowest BCUT2D eigenvalue weighted by Gasteiger charge is -2.14. The average molecular weight is 291 g/mol. The third-order valence-electron chi connectivity index (χ3n) is 1.69. The van der Waals surface area contributed by atoms with Crippen molar-refractivity contribution in [1.82, 2.24) is 0 Å². The van der Waals surface area contributed by atoms with Gasteiger partial charge in [-0.05, 0) is 12.1 Å². The predicted octanol–water partition coefficient (Wildman–Crippen LogP) is 3.50. The fourth-order valence-electron chi connectivity index (χ4n) is 0.878. The fraction of sp³-hybridized carbons (Fsp3) is 0.444. The van der Waals surface area contributed by atoms with E-state index >= 15 is 0 Å². The Kier molecular flexibility index (Phi) is 4.91. The second-order valence-electron chi connectivity index (χ2n) is 3.08. The zero-order chi connectivity index (χ0) is 13.1. The normalized spacial score (nSPS) is 12.1. The lowest BCUT2D eigenvalue weighted by Crippen LogP contribution is -2.33. The Morgan fingerprint density at radius 3 is 2.59 bits per heavy atom. The fourth-order valence-corrected chi connectivity index (χ4v) is 1.85. The van der Waals surface area contributed by atoms with E-state index in [4.69, 9.17) is 11.6 Å². The van der Waals surface area contributed by atoms with Gasteiger partial charge in [-0.25, -0.2) is 8.78 Å². The lowest BCUT2D eigenvalue weighted by molar-refractivity contribution is -0.163. The smallest absolute Gasteiger partial charge is 0.330 e. The van der Waals surface area contributed by atoms with Crippen molar-refractivity contribution in [3.63, 3.8) is 0 Å². The van der Waals surface area contributed by atoms with Crippen LogP contribution in [0.4, 0.5) is 17.6 Å². The van der Waals surface area contributed by atoms with Gasteiger partial charge >= 0.3 is 12.3 Å². The van der Waals surface area contributed by atoms with Crippen LogP contribution in [-0.4, -0.2) is 31.3 Å². The molecule has 0 atom stereocenters. The van der Waals surface area contributed by atoms with E-state index in [9.17, 15) is 22.4 Å². The van der Waals surface area contributed by atoms with Crippen LogP contribution < -0.4 is 0 Å². The molecule has 0 N–H and O–H groups in total. The summed E-state index contributed by atoms with van der Waals surface area (Å²) < 4.78 is 52.9. The zero-order valence-electron chi connectivity index (χ0n) is 8.26. The van der Waals surface area contributed by atoms with E-state index in [0.717, 1.165) is 11.3 Å². The summed E-state index contributed by atoms with van der Waals surface area (Å²) in [6.07, 6.45) is -3.81. The first-order valence-electron chi connectivity index (χ1n) is 4.35. The van der Waals surface area contributed by atoms with Crippen LogP contribution in [-0.2, 0) is 4.74 Å². The molecule has 0 amide bonds. The SMILES string of the molecule is O=C(COCC(F)(F)C(F)F)c1ccc(Cl)s1. The summed E-state index contributed by atoms with van der Waals surface area (Å²) >= 11 is 6.52. The summed E-state index contributed by atoms with van der Waals surface area (Å²) in [6.45, 7) is -2.17. The molecule has 0 unspecified atom stereocenters. The monoisotopic (exact) mass is 290 g/mol. The lowest BCUT2D eigenvalue weighted by atomic mass is 10.3. The van der Waals surface area contributed by atoms with Crippen molar-refractivity contribution in [3.05, 3.63) is 21.3 Å². The first kappa shape index (κ1) is 14.4. The second kappa shape index (κ2) is 5.79. The van der Waals surface area contributed by atoms with Crippen molar-refractivity contribution in [1.29, 1.82) is 0 Å². The molecule has 0 aromatic carbocycles. The molecular formula is C9H7ClF4O2S. The van der Waals surface area contributed by atoms with Gasteiger partial charge in [0.1, 0.15) is 13.2 Å². The molecule has 1 rings (SSSR count). The molecule has 0 aliphatic carbocycles. The molecule has 17 heavy (non-hydrogen) atoms. The number of ketones is 1. The molecule has 0 radical (unpaired) electrons. The van der Waals surface area contributed by atoms with E-state index in [1.807, 2.05) is 0 Å². The number of carbonyl (C=O) groups excluding carboxylic acids is 1. The third kappa shape index (κ3) is 4.25. The Hall–Kier alpha value is -0.660. The van der Waals surface area contributed by atoms with Crippen molar-refractivity contribution in [2.45, 2.75) is 12.3 Å². The van der Waals surface area contributed by atoms with Crippen LogP contribution in [0.1, 0.15) is 9.67 Å². The second-order valence-corrected chi connectivity index (χ2v) is 4.80. The van der Waals surface area contributed by atoms with Gasteiger partial charge in [0.15, 0.2) is 5.78 Å². The summed E-state index contributed by atoms with van der Waals surface area (Å²) in [5.74, 6) is -4.82. The van der Waals surface area contributed by atoms with Crippen LogP contribution in [0.5, 0.6) is 0 Å². The van der Waals surface area contributed by atoms with Crippen LogP contribution in [0.15, 0.2) is 12.1 Å². The largest absolute Gasteiger partial charge is 0.367 e. The van der Waals surface area contributed by atoms with Crippen LogP contribution in [0.3, 0.4) is 0 Å². The maximum Gasteiger partial charge on any atom is 0.330 e. The molecule has 1 heterocycles. The molecule has 0 spiro atoms. The standard InChI is InChI=1S/C9H7ClF4O2S/c10-7-2-1-6(17-7)5(15)3-16-4-9(13,14)8(11)12/h1-2,8H,3-4H2. The predicted molar refractivity (Wildman–Crippen MR) is 55.4 cm³/mol. The highest BCUT2D eigenvalue weighted by Crippen LogP contribution is 2.24. The maximum atomic E-state index is 12.4. The summed E-state index contributed by atoms with van der Waals surface area (Å²) in [5.41, 5.74) is 0. The average Bonchev–Trinajstić information content (AvgIpc) is 2.64. The first-order valence-corrected chi connectivity index (χ1v) is 5.54. The van der Waals surface area contributed by atoms with E-state index in [0.29, 0.717) is 4.34 Å². The Morgan fingerprint density at radius 1 is 1.47 bits per heavy atom. The van der Waals surface area contributed by atoms with E-state index in [2.05, 4.69) is 4.74 Å². The number of hydrogen-bond acceptors (Lipinski definition) is 3. The molecule has 0 fully saturated rings. The molecule has 0 saturated carbocycles. The van der Waals surface area contributed by atoms with Crippen LogP contribution in [0.25, 0.3) is 0 Å². The summed E-state index contributed by atoms with van der Waals surface area (Å²) in [4.78, 5) is 11.5. The van der Waals surface area contributed by atoms with E-state index in [-0.39, 0.29) is 4.88 Å². The van der Waals surface area contributed by atoms with E-state index in [1.165, 1.54) is 12.1 Å². The van der Waals surface area contributed by atoms with Crippen molar-refractivity contribution < 1.29 is 27.1 Å². The van der Waals surface area contributed by atoms with Crippen LogP contribution >= 0.6 is 22.9 Å². The molecule has 0 aliphatic rings. The molecule has 0 bridgehead atoms. The number of rotatable bonds is 6. The summed E-state index contributed by atoms with van der Waals surface area (Å²) in [5, 5.41) is 0. The van der Waals surface area contributed by atoms with Crippen LogP contribution in [0, 0.1) is 0 Å². The maximum absolute atomic E-state index is 12.4. The molecule has 96 valence electrons. The van der Waals surface area contributed by atoms with Gasteiger partial charge < -0.3 is 4.74 Å². The number of ether oxygens (including phenoxy) is 1. The zero-order valence-corrected chi connectivity index (χ0v) is 9.83. The Morgan fingerprint density at radius 2 is 2.12 bits per heavy atom. The van der Waals surface area contributed by atoms with E-state index < -0.39 is 31.3 Å². The highest BCUT2D eigenvalue weighted by Gasteiger charge is 2.41. The molecule has 2 nitrogen and oxygen atoms in total. The minimum atomic E-state index is -4.24. The molecule has 8 heteroatoms. The quantitative estimate of drug-likeness (QED) is 0.592. The number of thiophene rings is 1. The number of halogens is 5. The Bertz CT molecular complexity index is 394. The van der Waals surface area contributed by atoms with Gasteiger partial charge in [-0.1, -0.05) is 11.6 Å². The number of carbonyl (C=O) groups is 1. The summed E-state index contributed by atoms with van der Waals surface area (Å²) in [7, 11) is 0. The number of hydrogen-bond donors (Lipinski definition) is 0. The van der Waals surface area contributed by atoms with Crippen molar-refractivity contribution in [2.75, 3.05) is 13.2 Å². The minimum Gasteiger partial charge on any atom is -0.367 e. The molecule has 0 aliphatic heterocycles. The Labute approximate surface area is 103 Å². The highest BCUT2D eigenvalue weighted by atomic mass is 35.5. The topological polar surface area (TPSA) is 26.3 Å². The van der Waals surface area contributed by atoms with Gasteiger partial charge in [-0.15, -0.1) is 11.3 Å². The molecule has 1 aromatic rings. The van der Waals surface area contributed by atoms with Crippen molar-refractivity contribution >= 4 is 28.7 Å². The molecule has 1 aromatic heterocycles. The third-order valence-corrected chi connectivity index (χ3v) is 2.97. The van der Waals surface area contributed by atoms with Gasteiger partial charge in [0.05, 0.1) is 9.21 Å². The number of Topliss-reactive ketones (excluding diaryl/α,β-unsaturated/α-hetero) is 1. The first-order chi connectivity index (χ1) is 7.83. The van der Waals surface area contributed by atoms with Gasteiger partial charge in [0.25, 0.3) is 0 Å². The van der Waals surface area contributed by atoms with Crippen molar-refractivity contribution in [2.24, 2.45) is 0 Å². The number of alkyl halides is 4. The minimum absolute atomic E-state index is 0.232. The molecular weight excluding hydrogens is 284 g/mol. The highest BCUT2D eigenvalue weighted by molar-refractivity contribution is 7.18. The van der Waals surface area contributed by atoms with E-state index in [1.54, 1.807) is 0 Å². The van der Waals surface area contributed by atoms with Gasteiger partial charge in [-0.3, -0.25) is 4.79 Å². The molecule has 0 saturated heterocycles. The summed E-state index contributed by atoms with van der Waals surface area (Å²) in [6, 6.07) is 2.87. The Balaban J connectivity index is 2.40. The van der Waals surface area contributed by atoms with Gasteiger partial charge in [-0.2, -0.15) is 8.78 Å². The van der Waals surface area contributed by atoms with Gasteiger partial charge in [0, 0.05) is 0 Å². The van der Waals surface area contributed by atoms with Gasteiger partial charge in [0.2, 0.25) is 0 Å². The van der Waals surface area contributed by atoms with Crippen LogP contribution in [0.2, 0.25) is 4.34 Å².